The van der Waals surface area contributed by atoms with E-state index in [0.29, 0.717) is 12.0 Å². The Bertz CT molecular complexity index is 1120. The quantitative estimate of drug-likeness (QED) is 0.313. The summed E-state index contributed by atoms with van der Waals surface area (Å²) in [5, 5.41) is 16.0. The molecule has 3 rings (SSSR count). The molecule has 9 nitrogen and oxygen atoms in total. The van der Waals surface area contributed by atoms with Crippen LogP contribution in [-0.4, -0.2) is 70.9 Å². The summed E-state index contributed by atoms with van der Waals surface area (Å²) in [6.07, 6.45) is -7.04. The monoisotopic (exact) mass is 564 g/mol. The maximum Gasteiger partial charge on any atom is 0.408 e. The lowest BCUT2D eigenvalue weighted by Crippen LogP contribution is -2.57. The topological polar surface area (TPSA) is 134 Å². The summed E-state index contributed by atoms with van der Waals surface area (Å²) in [6.45, 7) is 1.24. The fourth-order valence-electron chi connectivity index (χ4n) is 4.79. The van der Waals surface area contributed by atoms with Gasteiger partial charge in [-0.3, -0.25) is 14.5 Å². The first-order valence-corrected chi connectivity index (χ1v) is 13.0. The van der Waals surface area contributed by atoms with E-state index < -0.39 is 60.8 Å². The van der Waals surface area contributed by atoms with Crippen molar-refractivity contribution in [3.8, 4) is 0 Å². The molecule has 0 spiro atoms. The van der Waals surface area contributed by atoms with Crippen LogP contribution in [0.3, 0.4) is 0 Å². The predicted molar refractivity (Wildman–Crippen MR) is 141 cm³/mol. The van der Waals surface area contributed by atoms with Crippen LogP contribution in [-0.2, 0) is 27.4 Å². The smallest absolute Gasteiger partial charge is 0.408 e. The average molecular weight is 565 g/mol. The minimum Gasteiger partial charge on any atom is -0.445 e. The van der Waals surface area contributed by atoms with Gasteiger partial charge in [0.15, 0.2) is 0 Å². The second-order valence-electron chi connectivity index (χ2n) is 9.98. The first kappa shape index (κ1) is 30.9. The zero-order chi connectivity index (χ0) is 29.3. The normalized spacial score (nSPS) is 19.8. The maximum absolute atomic E-state index is 13.6. The molecular formula is C28H35F3N4O5. The molecule has 1 saturated heterocycles. The van der Waals surface area contributed by atoms with Crippen molar-refractivity contribution in [3.05, 3.63) is 71.8 Å². The summed E-state index contributed by atoms with van der Waals surface area (Å²) in [4.78, 5) is 38.5. The number of aliphatic hydroxyl groups is 1. The van der Waals surface area contributed by atoms with Crippen molar-refractivity contribution < 1.29 is 37.4 Å². The van der Waals surface area contributed by atoms with Gasteiger partial charge in [0, 0.05) is 12.6 Å². The molecule has 1 aliphatic heterocycles. The van der Waals surface area contributed by atoms with Crippen molar-refractivity contribution >= 4 is 17.9 Å². The van der Waals surface area contributed by atoms with Crippen molar-refractivity contribution in [2.75, 3.05) is 6.54 Å². The highest BCUT2D eigenvalue weighted by Gasteiger charge is 2.49. The number of halogens is 3. The highest BCUT2D eigenvalue weighted by atomic mass is 19.4. The fourth-order valence-corrected chi connectivity index (χ4v) is 4.79. The van der Waals surface area contributed by atoms with Crippen molar-refractivity contribution in [1.29, 1.82) is 0 Å². The molecule has 3 amide bonds. The third-order valence-corrected chi connectivity index (χ3v) is 6.92. The lowest BCUT2D eigenvalue weighted by atomic mass is 9.99. The Morgan fingerprint density at radius 3 is 2.20 bits per heavy atom. The first-order valence-electron chi connectivity index (χ1n) is 13.0. The fraction of sp³-hybridized carbons (Fsp3) is 0.464. The van der Waals surface area contributed by atoms with E-state index in [1.807, 2.05) is 0 Å². The number of nitrogens with zero attached hydrogens (tertiary/aromatic N) is 1. The van der Waals surface area contributed by atoms with Gasteiger partial charge in [-0.2, -0.15) is 13.2 Å². The number of carbonyl (C=O) groups is 3. The van der Waals surface area contributed by atoms with Crippen LogP contribution in [0.4, 0.5) is 18.0 Å². The summed E-state index contributed by atoms with van der Waals surface area (Å²) in [5.41, 5.74) is 6.71. The molecule has 218 valence electrons. The number of alkyl halides is 3. The van der Waals surface area contributed by atoms with Crippen molar-refractivity contribution in [1.82, 2.24) is 15.5 Å². The van der Waals surface area contributed by atoms with Gasteiger partial charge in [-0.15, -0.1) is 0 Å². The molecule has 0 radical (unpaired) electrons. The third kappa shape index (κ3) is 9.23. The zero-order valence-corrected chi connectivity index (χ0v) is 22.1. The second kappa shape index (κ2) is 14.1. The zero-order valence-electron chi connectivity index (χ0n) is 22.1. The van der Waals surface area contributed by atoms with Crippen LogP contribution in [0.5, 0.6) is 0 Å². The lowest BCUT2D eigenvalue weighted by molar-refractivity contribution is -0.182. The molecule has 0 unspecified atom stereocenters. The van der Waals surface area contributed by atoms with E-state index in [9.17, 15) is 32.7 Å². The van der Waals surface area contributed by atoms with E-state index in [0.717, 1.165) is 5.56 Å². The molecule has 0 saturated carbocycles. The molecule has 1 heterocycles. The number of hydrogen-bond donors (Lipinski definition) is 4. The van der Waals surface area contributed by atoms with Crippen LogP contribution in [0.2, 0.25) is 0 Å². The second-order valence-corrected chi connectivity index (χ2v) is 9.98. The van der Waals surface area contributed by atoms with Crippen molar-refractivity contribution in [2.24, 2.45) is 5.73 Å². The number of amides is 3. The molecule has 2 aromatic rings. The van der Waals surface area contributed by atoms with Crippen LogP contribution in [0, 0.1) is 0 Å². The highest BCUT2D eigenvalue weighted by Crippen LogP contribution is 2.36. The number of β-amino-alcohol motifs (C(OH)–C–C–N with tert-alkyl or cyclic N) is 1. The number of ether oxygens (including phenoxy) is 1. The number of benzene rings is 2. The molecule has 0 bridgehead atoms. The maximum atomic E-state index is 13.6. The Kier molecular flexibility index (Phi) is 10.9. The third-order valence-electron chi connectivity index (χ3n) is 6.92. The summed E-state index contributed by atoms with van der Waals surface area (Å²) >= 11 is 0. The Hall–Kier alpha value is -3.64. The first-order chi connectivity index (χ1) is 18.9. The largest absolute Gasteiger partial charge is 0.445 e. The number of rotatable bonds is 12. The van der Waals surface area contributed by atoms with Gasteiger partial charge in [0.25, 0.3) is 0 Å². The molecule has 1 fully saturated rings. The Balaban J connectivity index is 1.73. The molecule has 0 aromatic heterocycles. The summed E-state index contributed by atoms with van der Waals surface area (Å²) in [6, 6.07) is 13.0. The number of aliphatic hydroxyl groups excluding tert-OH is 1. The minimum atomic E-state index is -4.46. The molecule has 1 aliphatic rings. The van der Waals surface area contributed by atoms with E-state index in [-0.39, 0.29) is 26.0 Å². The van der Waals surface area contributed by atoms with E-state index in [1.54, 1.807) is 67.6 Å². The molecule has 2 aromatic carbocycles. The lowest BCUT2D eigenvalue weighted by Gasteiger charge is -2.34. The SMILES string of the molecule is C[C@H]1CC[C@H](C(F)(F)F)N1C[C@@H](O)[C@H](Cc1ccccc1)NC(=O)[C@H](CC(N)=O)NC(=O)OCc1ccccc1. The van der Waals surface area contributed by atoms with E-state index in [4.69, 9.17) is 10.5 Å². The van der Waals surface area contributed by atoms with Gasteiger partial charge in [0.2, 0.25) is 11.8 Å². The minimum absolute atomic E-state index is 0.0806. The molecule has 12 heteroatoms. The Morgan fingerprint density at radius 1 is 1.02 bits per heavy atom. The molecule has 5 atom stereocenters. The van der Waals surface area contributed by atoms with Gasteiger partial charge < -0.3 is 26.2 Å². The predicted octanol–water partition coefficient (Wildman–Crippen LogP) is 2.66. The van der Waals surface area contributed by atoms with Gasteiger partial charge in [-0.25, -0.2) is 4.79 Å². The average Bonchev–Trinajstić information content (AvgIpc) is 3.28. The van der Waals surface area contributed by atoms with Gasteiger partial charge >= 0.3 is 12.3 Å². The summed E-state index contributed by atoms with van der Waals surface area (Å²) in [5.74, 6) is -1.71. The van der Waals surface area contributed by atoms with Crippen LogP contribution in [0.15, 0.2) is 60.7 Å². The summed E-state index contributed by atoms with van der Waals surface area (Å²) in [7, 11) is 0. The highest BCUT2D eigenvalue weighted by molar-refractivity contribution is 5.90. The van der Waals surface area contributed by atoms with E-state index in [1.165, 1.54) is 4.90 Å². The van der Waals surface area contributed by atoms with Crippen molar-refractivity contribution in [3.63, 3.8) is 0 Å². The molecular weight excluding hydrogens is 529 g/mol. The van der Waals surface area contributed by atoms with Gasteiger partial charge in [-0.05, 0) is 37.3 Å². The Labute approximate surface area is 230 Å². The van der Waals surface area contributed by atoms with Crippen molar-refractivity contribution in [2.45, 2.75) is 75.7 Å². The van der Waals surface area contributed by atoms with E-state index >= 15 is 0 Å². The van der Waals surface area contributed by atoms with Crippen LogP contribution in [0.25, 0.3) is 0 Å². The molecule has 0 aliphatic carbocycles. The number of nitrogens with two attached hydrogens (primary N) is 1. The standard InChI is InChI=1S/C28H35F3N4O5/c1-18-12-13-24(28(29,30)31)35(18)16-23(36)21(14-19-8-4-2-5-9-19)33-26(38)22(15-25(32)37)34-27(39)40-17-20-10-6-3-7-11-20/h2-11,18,21-24,36H,12-17H2,1H3,(H2,32,37)(H,33,38)(H,34,39)/t18-,21-,22-,23+,24+/m0/s1. The number of hydrogen-bond acceptors (Lipinski definition) is 6. The van der Waals surface area contributed by atoms with Gasteiger partial charge in [0.1, 0.15) is 18.7 Å². The number of alkyl carbamates (subject to hydrolysis) is 1. The van der Waals surface area contributed by atoms with Crippen LogP contribution < -0.4 is 16.4 Å². The Morgan fingerprint density at radius 2 is 1.62 bits per heavy atom. The molecule has 40 heavy (non-hydrogen) atoms. The number of likely N-dealkylation sites (tertiary alicyclic amines) is 1. The van der Waals surface area contributed by atoms with Gasteiger partial charge in [0.05, 0.1) is 18.6 Å². The van der Waals surface area contributed by atoms with Gasteiger partial charge in [-0.1, -0.05) is 60.7 Å². The number of nitrogens with one attached hydrogen (secondary N) is 2. The number of primary amides is 1. The summed E-state index contributed by atoms with van der Waals surface area (Å²) < 4.78 is 46.0. The van der Waals surface area contributed by atoms with Crippen LogP contribution in [0.1, 0.15) is 37.3 Å². The molecule has 5 N–H and O–H groups in total. The van der Waals surface area contributed by atoms with E-state index in [2.05, 4.69) is 10.6 Å². The number of carbonyl (C=O) groups excluding carboxylic acids is 3. The van der Waals surface area contributed by atoms with Crippen LogP contribution >= 0.6 is 0 Å².